The Kier molecular flexibility index (Phi) is 19.9. The third-order valence-corrected chi connectivity index (χ3v) is 6.36. The van der Waals surface area contributed by atoms with Crippen LogP contribution in [-0.4, -0.2) is 28.4 Å². The maximum Gasteiger partial charge on any atom is 2.00 e. The SMILES string of the molecule is CC(=O)[O-].CC(=O)[O-].CCCCP(C(C)(C)C)C(C)(C)C.[Pd+2]. The minimum absolute atomic E-state index is 0. The van der Waals surface area contributed by atoms with Crippen LogP contribution in [0.1, 0.15) is 75.2 Å². The van der Waals surface area contributed by atoms with Gasteiger partial charge >= 0.3 is 20.4 Å². The first-order valence-corrected chi connectivity index (χ1v) is 8.81. The van der Waals surface area contributed by atoms with Crippen molar-refractivity contribution in [1.29, 1.82) is 0 Å². The van der Waals surface area contributed by atoms with Crippen molar-refractivity contribution >= 4 is 19.9 Å². The smallest absolute Gasteiger partial charge is 0.550 e. The summed E-state index contributed by atoms with van der Waals surface area (Å²) < 4.78 is 0. The molecule has 0 radical (unpaired) electrons. The van der Waals surface area contributed by atoms with E-state index < -0.39 is 11.9 Å². The van der Waals surface area contributed by atoms with Gasteiger partial charge in [0.05, 0.1) is 0 Å². The molecule has 0 amide bonds. The molecule has 0 spiro atoms. The maximum atomic E-state index is 8.89. The number of hydrogen-bond donors (Lipinski definition) is 0. The molecule has 0 aromatic heterocycles. The van der Waals surface area contributed by atoms with Crippen LogP contribution in [0.4, 0.5) is 0 Å². The second kappa shape index (κ2) is 14.6. The molecule has 0 aliphatic heterocycles. The molecule has 0 aliphatic rings. The standard InChI is InChI=1S/C12H27P.2C2H4O2.Pd/c1-8-9-10-13(11(2,3)4)12(5,6)7;2*1-2(3)4;/h8-10H2,1-7H3;2*1H3,(H,3,4);/q;;;+2/p-2. The Hall–Kier alpha value is 0.0323. The largest absolute Gasteiger partial charge is 2.00 e. The van der Waals surface area contributed by atoms with Gasteiger partial charge in [0.25, 0.3) is 0 Å². The second-order valence-corrected chi connectivity index (χ2v) is 10.8. The van der Waals surface area contributed by atoms with Gasteiger partial charge in [-0.25, -0.2) is 0 Å². The van der Waals surface area contributed by atoms with E-state index in [1.54, 1.807) is 0 Å². The first kappa shape index (κ1) is 30.0. The van der Waals surface area contributed by atoms with Crippen molar-refractivity contribution in [3.63, 3.8) is 0 Å². The van der Waals surface area contributed by atoms with Crippen LogP contribution in [-0.2, 0) is 30.0 Å². The van der Waals surface area contributed by atoms with Gasteiger partial charge in [-0.2, -0.15) is 0 Å². The molecule has 22 heavy (non-hydrogen) atoms. The van der Waals surface area contributed by atoms with Crippen LogP contribution in [0.3, 0.4) is 0 Å². The zero-order chi connectivity index (χ0) is 17.9. The molecule has 4 nitrogen and oxygen atoms in total. The molecule has 0 heterocycles. The quantitative estimate of drug-likeness (QED) is 0.512. The van der Waals surface area contributed by atoms with Crippen molar-refractivity contribution in [1.82, 2.24) is 0 Å². The molecule has 0 aromatic rings. The van der Waals surface area contributed by atoms with Gasteiger partial charge in [-0.3, -0.25) is 0 Å². The zero-order valence-corrected chi connectivity index (χ0v) is 18.0. The molecule has 0 aliphatic carbocycles. The van der Waals surface area contributed by atoms with E-state index in [1.807, 2.05) is 0 Å². The van der Waals surface area contributed by atoms with Crippen molar-refractivity contribution < 1.29 is 40.2 Å². The van der Waals surface area contributed by atoms with E-state index >= 15 is 0 Å². The van der Waals surface area contributed by atoms with Gasteiger partial charge in [0, 0.05) is 11.9 Å². The third kappa shape index (κ3) is 28.2. The predicted molar refractivity (Wildman–Crippen MR) is 87.6 cm³/mol. The summed E-state index contributed by atoms with van der Waals surface area (Å²) >= 11 is 0. The van der Waals surface area contributed by atoms with Gasteiger partial charge in [0.2, 0.25) is 0 Å². The van der Waals surface area contributed by atoms with Crippen LogP contribution in [0.25, 0.3) is 0 Å². The summed E-state index contributed by atoms with van der Waals surface area (Å²) in [4.78, 5) is 17.8. The second-order valence-electron chi connectivity index (χ2n) is 6.83. The third-order valence-electron chi connectivity index (χ3n) is 2.35. The number of rotatable bonds is 3. The Morgan fingerprint density at radius 3 is 1.23 bits per heavy atom. The van der Waals surface area contributed by atoms with Crippen molar-refractivity contribution in [2.24, 2.45) is 0 Å². The number of carbonyl (C=O) groups excluding carboxylic acids is 2. The molecular formula is C16H33O4PPd. The Morgan fingerprint density at radius 1 is 0.864 bits per heavy atom. The fourth-order valence-corrected chi connectivity index (χ4v) is 5.98. The van der Waals surface area contributed by atoms with E-state index in [0.29, 0.717) is 10.3 Å². The summed E-state index contributed by atoms with van der Waals surface area (Å²) in [6.07, 6.45) is 4.18. The molecule has 0 atom stereocenters. The Balaban J connectivity index is -0.000000150. The number of carboxylic acid groups (broad SMARTS) is 2. The number of unbranched alkanes of at least 4 members (excludes halogenated alkanes) is 1. The Bertz CT molecular complexity index is 260. The van der Waals surface area contributed by atoms with Crippen molar-refractivity contribution in [2.75, 3.05) is 6.16 Å². The van der Waals surface area contributed by atoms with Crippen molar-refractivity contribution in [3.8, 4) is 0 Å². The number of carboxylic acids is 2. The molecule has 0 unspecified atom stereocenters. The molecule has 0 bridgehead atoms. The van der Waals surface area contributed by atoms with Crippen LogP contribution in [0, 0.1) is 0 Å². The molecule has 0 N–H and O–H groups in total. The molecule has 0 saturated carbocycles. The first-order chi connectivity index (χ1) is 9.16. The van der Waals surface area contributed by atoms with Gasteiger partial charge in [0.1, 0.15) is 0 Å². The summed E-state index contributed by atoms with van der Waals surface area (Å²) in [6.45, 7) is 18.6. The van der Waals surface area contributed by atoms with Crippen LogP contribution >= 0.6 is 7.92 Å². The van der Waals surface area contributed by atoms with Gasteiger partial charge in [-0.1, -0.05) is 62.8 Å². The summed E-state index contributed by atoms with van der Waals surface area (Å²) in [5.41, 5.74) is 0. The maximum absolute atomic E-state index is 8.89. The van der Waals surface area contributed by atoms with E-state index in [-0.39, 0.29) is 28.3 Å². The summed E-state index contributed by atoms with van der Waals surface area (Å²) in [5, 5.41) is 18.8. The number of hydrogen-bond acceptors (Lipinski definition) is 4. The fourth-order valence-electron chi connectivity index (χ4n) is 1.99. The van der Waals surface area contributed by atoms with E-state index in [1.165, 1.54) is 19.0 Å². The molecule has 6 heteroatoms. The minimum atomic E-state index is -1.08. The van der Waals surface area contributed by atoms with E-state index in [9.17, 15) is 0 Å². The monoisotopic (exact) mass is 426 g/mol. The van der Waals surface area contributed by atoms with Gasteiger partial charge in [0.15, 0.2) is 0 Å². The van der Waals surface area contributed by atoms with Crippen LogP contribution < -0.4 is 10.2 Å². The van der Waals surface area contributed by atoms with Crippen molar-refractivity contribution in [2.45, 2.75) is 85.5 Å². The number of aliphatic carboxylic acids is 2. The summed E-state index contributed by atoms with van der Waals surface area (Å²) in [7, 11) is 0.151. The molecule has 0 aromatic carbocycles. The number of carbonyl (C=O) groups is 2. The first-order valence-electron chi connectivity index (χ1n) is 7.29. The van der Waals surface area contributed by atoms with E-state index in [2.05, 4.69) is 48.5 Å². The minimum Gasteiger partial charge on any atom is -0.550 e. The molecular weight excluding hydrogens is 394 g/mol. The van der Waals surface area contributed by atoms with Crippen molar-refractivity contribution in [3.05, 3.63) is 0 Å². The molecule has 0 rings (SSSR count). The van der Waals surface area contributed by atoms with Gasteiger partial charge in [-0.05, 0) is 36.7 Å². The zero-order valence-electron chi connectivity index (χ0n) is 15.5. The van der Waals surface area contributed by atoms with Gasteiger partial charge < -0.3 is 19.8 Å². The normalized spacial score (nSPS) is 10.5. The molecule has 0 saturated heterocycles. The average Bonchev–Trinajstić information content (AvgIpc) is 2.11. The Morgan fingerprint density at radius 2 is 1.09 bits per heavy atom. The predicted octanol–water partition coefficient (Wildman–Crippen LogP) is 2.38. The average molecular weight is 427 g/mol. The summed E-state index contributed by atoms with van der Waals surface area (Å²) in [5.74, 6) is -2.17. The molecule has 136 valence electrons. The van der Waals surface area contributed by atoms with E-state index in [0.717, 1.165) is 13.8 Å². The van der Waals surface area contributed by atoms with Crippen LogP contribution in [0.15, 0.2) is 0 Å². The summed E-state index contributed by atoms with van der Waals surface area (Å²) in [6, 6.07) is 0. The van der Waals surface area contributed by atoms with E-state index in [4.69, 9.17) is 19.8 Å². The molecule has 0 fully saturated rings. The van der Waals surface area contributed by atoms with Gasteiger partial charge in [-0.15, -0.1) is 0 Å². The van der Waals surface area contributed by atoms with Crippen LogP contribution in [0.2, 0.25) is 0 Å². The van der Waals surface area contributed by atoms with Crippen LogP contribution in [0.5, 0.6) is 0 Å². The topological polar surface area (TPSA) is 80.3 Å². The Labute approximate surface area is 151 Å². The fraction of sp³-hybridized carbons (Fsp3) is 0.875.